The Balaban J connectivity index is 2.22. The fourth-order valence-corrected chi connectivity index (χ4v) is 8.50. The fourth-order valence-electron chi connectivity index (χ4n) is 5.90. The van der Waals surface area contributed by atoms with E-state index in [-0.39, 0.29) is 0 Å². The van der Waals surface area contributed by atoms with Crippen LogP contribution in [0.15, 0.2) is 23.1 Å². The molecule has 0 aliphatic carbocycles. The lowest BCUT2D eigenvalue weighted by atomic mass is 9.99. The summed E-state index contributed by atoms with van der Waals surface area (Å²) < 4.78 is 0. The number of aryl methyl sites for hydroxylation is 2. The monoisotopic (exact) mass is 626 g/mol. The summed E-state index contributed by atoms with van der Waals surface area (Å²) in [5, 5.41) is 0. The van der Waals surface area contributed by atoms with E-state index in [1.54, 1.807) is 0 Å². The van der Waals surface area contributed by atoms with E-state index in [0.717, 1.165) is 29.1 Å². The van der Waals surface area contributed by atoms with Gasteiger partial charge in [-0.2, -0.15) is 0 Å². The van der Waals surface area contributed by atoms with Crippen LogP contribution in [0.4, 0.5) is 0 Å². The molecule has 0 saturated heterocycles. The zero-order valence-electron chi connectivity index (χ0n) is 27.2. The van der Waals surface area contributed by atoms with Gasteiger partial charge in [0.1, 0.15) is 0 Å². The predicted molar refractivity (Wildman–Crippen MR) is 190 cm³/mol. The van der Waals surface area contributed by atoms with E-state index in [2.05, 4.69) is 32.0 Å². The molecule has 0 heterocycles. The highest BCUT2D eigenvalue weighted by atomic mass is 32.9. The van der Waals surface area contributed by atoms with E-state index in [9.17, 15) is 9.79 Å². The van der Waals surface area contributed by atoms with Crippen LogP contribution in [0.1, 0.15) is 192 Å². The highest BCUT2D eigenvalue weighted by Gasteiger charge is 2.12. The van der Waals surface area contributed by atoms with Crippen LogP contribution in [-0.4, -0.2) is 9.79 Å². The minimum Gasteiger partial charge on any atom is -0.337 e. The molecule has 0 aliphatic rings. The van der Waals surface area contributed by atoms with Crippen LogP contribution in [0.3, 0.4) is 0 Å². The molecular formula is C36H67O2PS2. The van der Waals surface area contributed by atoms with Gasteiger partial charge in [-0.3, -0.25) is 0 Å². The highest BCUT2D eigenvalue weighted by Crippen LogP contribution is 2.55. The first-order valence-electron chi connectivity index (χ1n) is 17.8. The number of hydrogen-bond acceptors (Lipinski definition) is 2. The molecule has 2 nitrogen and oxygen atoms in total. The van der Waals surface area contributed by atoms with Crippen LogP contribution in [0.2, 0.25) is 0 Å². The first-order valence-corrected chi connectivity index (χ1v) is 22.0. The van der Waals surface area contributed by atoms with Crippen molar-refractivity contribution in [3.05, 3.63) is 29.3 Å². The summed E-state index contributed by atoms with van der Waals surface area (Å²) in [5.41, 5.74) is -0.619. The number of rotatable bonds is 30. The molecule has 5 heteroatoms. The maximum atomic E-state index is 9.90. The van der Waals surface area contributed by atoms with Crippen molar-refractivity contribution in [2.24, 2.45) is 0 Å². The molecular weight excluding hydrogens is 560 g/mol. The van der Waals surface area contributed by atoms with Crippen molar-refractivity contribution in [1.82, 2.24) is 0 Å². The Morgan fingerprint density at radius 2 is 0.732 bits per heavy atom. The molecule has 0 saturated carbocycles. The van der Waals surface area contributed by atoms with Crippen LogP contribution in [-0.2, 0) is 24.6 Å². The van der Waals surface area contributed by atoms with Crippen molar-refractivity contribution < 1.29 is 9.79 Å². The van der Waals surface area contributed by atoms with E-state index >= 15 is 0 Å². The topological polar surface area (TPSA) is 40.5 Å². The summed E-state index contributed by atoms with van der Waals surface area (Å²) in [6.45, 7) is 4.57. The van der Waals surface area contributed by atoms with Gasteiger partial charge in [0.15, 0.2) is 0 Å². The zero-order chi connectivity index (χ0) is 29.9. The Morgan fingerprint density at radius 3 is 1.00 bits per heavy atom. The molecule has 0 aromatic heterocycles. The van der Waals surface area contributed by atoms with Gasteiger partial charge in [0.2, 0.25) is 5.69 Å². The summed E-state index contributed by atoms with van der Waals surface area (Å²) in [4.78, 5) is 20.7. The Morgan fingerprint density at radius 1 is 0.463 bits per heavy atom. The summed E-state index contributed by atoms with van der Waals surface area (Å²) in [5.74, 6) is 0. The molecule has 240 valence electrons. The minimum absolute atomic E-state index is 0.940. The Kier molecular flexibility index (Phi) is 26.4. The quantitative estimate of drug-likeness (QED) is 0.0658. The summed E-state index contributed by atoms with van der Waals surface area (Å²) >= 11 is 6.02. The number of hydrogen-bond donors (Lipinski definition) is 2. The van der Waals surface area contributed by atoms with Gasteiger partial charge in [-0.25, -0.2) is 0 Å². The third-order valence-corrected chi connectivity index (χ3v) is 11.1. The molecule has 0 bridgehead atoms. The lowest BCUT2D eigenvalue weighted by molar-refractivity contribution is 0.502. The molecule has 0 amide bonds. The van der Waals surface area contributed by atoms with E-state index in [1.165, 1.54) is 178 Å². The van der Waals surface area contributed by atoms with Gasteiger partial charge in [0.25, 0.3) is 0 Å². The molecule has 0 spiro atoms. The molecule has 1 aromatic rings. The normalized spacial score (nSPS) is 11.9. The van der Waals surface area contributed by atoms with E-state index in [0.29, 0.717) is 0 Å². The third kappa shape index (κ3) is 26.3. The van der Waals surface area contributed by atoms with E-state index < -0.39 is 5.69 Å². The minimum atomic E-state index is -3.30. The SMILES string of the molecule is CCCCCCCCCCCCCCCc1cc(CCCCCCCCCCCCCCC)cc(SP(O)(O)=S)c1. The van der Waals surface area contributed by atoms with Crippen LogP contribution in [0, 0.1) is 0 Å². The van der Waals surface area contributed by atoms with Gasteiger partial charge in [-0.1, -0.05) is 174 Å². The average molecular weight is 627 g/mol. The molecule has 1 rings (SSSR count). The number of benzene rings is 1. The van der Waals surface area contributed by atoms with Gasteiger partial charge in [-0.15, -0.1) is 0 Å². The van der Waals surface area contributed by atoms with Crippen LogP contribution < -0.4 is 0 Å². The molecule has 2 N–H and O–H groups in total. The smallest absolute Gasteiger partial charge is 0.246 e. The molecule has 0 radical (unpaired) electrons. The van der Waals surface area contributed by atoms with Crippen LogP contribution >= 0.6 is 17.1 Å². The van der Waals surface area contributed by atoms with Gasteiger partial charge in [0, 0.05) is 4.90 Å². The van der Waals surface area contributed by atoms with Crippen molar-refractivity contribution in [3.8, 4) is 0 Å². The van der Waals surface area contributed by atoms with Crippen LogP contribution in [0.5, 0.6) is 0 Å². The lowest BCUT2D eigenvalue weighted by Gasteiger charge is -2.12. The maximum Gasteiger partial charge on any atom is 0.246 e. The maximum absolute atomic E-state index is 9.90. The molecule has 0 unspecified atom stereocenters. The first kappa shape index (κ1) is 39.2. The van der Waals surface area contributed by atoms with Crippen LogP contribution in [0.25, 0.3) is 0 Å². The predicted octanol–water partition coefficient (Wildman–Crippen LogP) is 13.3. The van der Waals surface area contributed by atoms with Crippen molar-refractivity contribution in [1.29, 1.82) is 0 Å². The van der Waals surface area contributed by atoms with Crippen molar-refractivity contribution >= 4 is 28.9 Å². The molecule has 0 fully saturated rings. The van der Waals surface area contributed by atoms with Crippen molar-refractivity contribution in [2.45, 2.75) is 199 Å². The standard InChI is InChI=1S/C36H67O2PS2/c1-3-5-7-9-11-13-15-17-19-21-23-25-27-29-34-31-35(33-36(32-34)41-39(37,38)40)30-28-26-24-22-20-18-16-14-12-10-8-6-4-2/h31-33H,3-30H2,1-2H3,(H2,37,38,40). The highest BCUT2D eigenvalue weighted by molar-refractivity contribution is 8.67. The van der Waals surface area contributed by atoms with Gasteiger partial charge in [-0.05, 0) is 72.1 Å². The second-order valence-corrected chi connectivity index (χ2v) is 18.5. The molecule has 41 heavy (non-hydrogen) atoms. The van der Waals surface area contributed by atoms with Gasteiger partial charge >= 0.3 is 0 Å². The average Bonchev–Trinajstić information content (AvgIpc) is 2.93. The summed E-state index contributed by atoms with van der Waals surface area (Å²) in [6.07, 6.45) is 37.9. The van der Waals surface area contributed by atoms with E-state index in [1.807, 2.05) is 0 Å². The largest absolute Gasteiger partial charge is 0.337 e. The van der Waals surface area contributed by atoms with Crippen molar-refractivity contribution in [3.63, 3.8) is 0 Å². The second-order valence-electron chi connectivity index (χ2n) is 12.6. The lowest BCUT2D eigenvalue weighted by Crippen LogP contribution is -1.93. The Hall–Kier alpha value is 0.140. The second kappa shape index (κ2) is 27.7. The zero-order valence-corrected chi connectivity index (χ0v) is 29.7. The van der Waals surface area contributed by atoms with Crippen molar-refractivity contribution in [2.75, 3.05) is 0 Å². The third-order valence-electron chi connectivity index (χ3n) is 8.39. The summed E-state index contributed by atoms with van der Waals surface area (Å²) in [6, 6.07) is 6.65. The van der Waals surface area contributed by atoms with Gasteiger partial charge < -0.3 is 9.79 Å². The number of unbranched alkanes of at least 4 members (excludes halogenated alkanes) is 24. The first-order chi connectivity index (χ1) is 19.9. The molecule has 0 aliphatic heterocycles. The Bertz CT molecular complexity index is 716. The fraction of sp³-hybridized carbons (Fsp3) is 0.833. The molecule has 0 atom stereocenters. The van der Waals surface area contributed by atoms with Gasteiger partial charge in [0.05, 0.1) is 0 Å². The summed E-state index contributed by atoms with van der Waals surface area (Å²) in [7, 11) is 0. The molecule has 1 aromatic carbocycles. The Labute approximate surface area is 265 Å². The van der Waals surface area contributed by atoms with E-state index in [4.69, 9.17) is 11.8 Å².